The maximum Gasteiger partial charge on any atom is 0.305 e. The highest BCUT2D eigenvalue weighted by Crippen LogP contribution is 2.22. The van der Waals surface area contributed by atoms with E-state index in [0.29, 0.717) is 13.0 Å². The van der Waals surface area contributed by atoms with Crippen LogP contribution in [-0.2, 0) is 20.9 Å². The van der Waals surface area contributed by atoms with E-state index in [9.17, 15) is 4.79 Å². The zero-order valence-electron chi connectivity index (χ0n) is 14.2. The van der Waals surface area contributed by atoms with Crippen molar-refractivity contribution in [2.75, 3.05) is 33.4 Å². The summed E-state index contributed by atoms with van der Waals surface area (Å²) < 4.78 is 10.4. The van der Waals surface area contributed by atoms with Gasteiger partial charge in [-0.25, -0.2) is 0 Å². The molecule has 2 rings (SSSR count). The van der Waals surface area contributed by atoms with Crippen molar-refractivity contribution in [3.05, 3.63) is 35.9 Å². The molecule has 0 saturated carbocycles. The molecule has 0 unspecified atom stereocenters. The molecule has 0 aliphatic carbocycles. The molecular formula is C19H29NO3. The molecule has 4 heteroatoms. The van der Waals surface area contributed by atoms with Gasteiger partial charge in [0.15, 0.2) is 0 Å². The Labute approximate surface area is 139 Å². The molecule has 128 valence electrons. The SMILES string of the molecule is COC(=O)CCCC1CCN(CCOCc2ccccc2)CC1. The van der Waals surface area contributed by atoms with E-state index < -0.39 is 0 Å². The summed E-state index contributed by atoms with van der Waals surface area (Å²) in [5.74, 6) is 0.680. The molecule has 23 heavy (non-hydrogen) atoms. The third-order valence-corrected chi connectivity index (χ3v) is 4.59. The van der Waals surface area contributed by atoms with Gasteiger partial charge >= 0.3 is 5.97 Å². The minimum Gasteiger partial charge on any atom is -0.469 e. The predicted octanol–water partition coefficient (Wildman–Crippen LogP) is 3.26. The number of esters is 1. The molecule has 4 nitrogen and oxygen atoms in total. The fourth-order valence-electron chi connectivity index (χ4n) is 3.09. The Morgan fingerprint density at radius 3 is 2.65 bits per heavy atom. The summed E-state index contributed by atoms with van der Waals surface area (Å²) in [5, 5.41) is 0. The van der Waals surface area contributed by atoms with Crippen LogP contribution >= 0.6 is 0 Å². The van der Waals surface area contributed by atoms with Gasteiger partial charge < -0.3 is 14.4 Å². The van der Waals surface area contributed by atoms with Crippen LogP contribution in [0.1, 0.15) is 37.7 Å². The number of likely N-dealkylation sites (tertiary alicyclic amines) is 1. The minimum absolute atomic E-state index is 0.0852. The van der Waals surface area contributed by atoms with Crippen molar-refractivity contribution in [2.45, 2.75) is 38.7 Å². The first-order valence-electron chi connectivity index (χ1n) is 8.69. The third-order valence-electron chi connectivity index (χ3n) is 4.59. The van der Waals surface area contributed by atoms with Gasteiger partial charge in [0.1, 0.15) is 0 Å². The number of hydrogen-bond acceptors (Lipinski definition) is 4. The van der Waals surface area contributed by atoms with Crippen molar-refractivity contribution in [2.24, 2.45) is 5.92 Å². The first-order chi connectivity index (χ1) is 11.3. The van der Waals surface area contributed by atoms with E-state index in [4.69, 9.17) is 4.74 Å². The molecule has 1 fully saturated rings. The monoisotopic (exact) mass is 319 g/mol. The van der Waals surface area contributed by atoms with Gasteiger partial charge in [0, 0.05) is 13.0 Å². The summed E-state index contributed by atoms with van der Waals surface area (Å²) in [6, 6.07) is 10.3. The summed E-state index contributed by atoms with van der Waals surface area (Å²) in [6.07, 6.45) is 5.13. The third kappa shape index (κ3) is 7.14. The van der Waals surface area contributed by atoms with E-state index >= 15 is 0 Å². The number of rotatable bonds is 9. The van der Waals surface area contributed by atoms with E-state index in [1.54, 1.807) is 0 Å². The van der Waals surface area contributed by atoms with Crippen molar-refractivity contribution in [3.63, 3.8) is 0 Å². The van der Waals surface area contributed by atoms with Crippen LogP contribution in [0.25, 0.3) is 0 Å². The average Bonchev–Trinajstić information content (AvgIpc) is 2.60. The zero-order valence-corrected chi connectivity index (χ0v) is 14.2. The van der Waals surface area contributed by atoms with Crippen LogP contribution in [0.2, 0.25) is 0 Å². The number of nitrogens with zero attached hydrogens (tertiary/aromatic N) is 1. The van der Waals surface area contributed by atoms with Crippen molar-refractivity contribution < 1.29 is 14.3 Å². The molecule has 1 heterocycles. The first kappa shape index (κ1) is 18.0. The fourth-order valence-corrected chi connectivity index (χ4v) is 3.09. The lowest BCUT2D eigenvalue weighted by molar-refractivity contribution is -0.140. The molecule has 1 aromatic carbocycles. The standard InChI is InChI=1S/C19H29NO3/c1-22-19(21)9-5-8-17-10-12-20(13-11-17)14-15-23-16-18-6-3-2-4-7-18/h2-4,6-7,17H,5,8-16H2,1H3. The van der Waals surface area contributed by atoms with E-state index in [1.807, 2.05) is 18.2 Å². The van der Waals surface area contributed by atoms with E-state index in [0.717, 1.165) is 45.0 Å². The highest BCUT2D eigenvalue weighted by Gasteiger charge is 2.18. The molecular weight excluding hydrogens is 290 g/mol. The molecule has 1 aliphatic rings. The van der Waals surface area contributed by atoms with Crippen molar-refractivity contribution in [1.29, 1.82) is 0 Å². The first-order valence-corrected chi connectivity index (χ1v) is 8.69. The van der Waals surface area contributed by atoms with Gasteiger partial charge in [0.05, 0.1) is 20.3 Å². The lowest BCUT2D eigenvalue weighted by atomic mass is 9.91. The minimum atomic E-state index is -0.0852. The van der Waals surface area contributed by atoms with Crippen LogP contribution in [-0.4, -0.2) is 44.2 Å². The average molecular weight is 319 g/mol. The maximum atomic E-state index is 11.1. The van der Waals surface area contributed by atoms with Crippen LogP contribution in [0.3, 0.4) is 0 Å². The Morgan fingerprint density at radius 2 is 1.96 bits per heavy atom. The van der Waals surface area contributed by atoms with Crippen LogP contribution in [0.15, 0.2) is 30.3 Å². The zero-order chi connectivity index (χ0) is 16.3. The highest BCUT2D eigenvalue weighted by molar-refractivity contribution is 5.68. The van der Waals surface area contributed by atoms with Gasteiger partial charge in [-0.2, -0.15) is 0 Å². The van der Waals surface area contributed by atoms with Crippen LogP contribution in [0.4, 0.5) is 0 Å². The topological polar surface area (TPSA) is 38.8 Å². The molecule has 0 spiro atoms. The Kier molecular flexibility index (Phi) is 8.12. The molecule has 0 amide bonds. The second-order valence-corrected chi connectivity index (χ2v) is 6.29. The number of carbonyl (C=O) groups excluding carboxylic acids is 1. The van der Waals surface area contributed by atoms with Crippen molar-refractivity contribution in [3.8, 4) is 0 Å². The molecule has 1 saturated heterocycles. The summed E-state index contributed by atoms with van der Waals surface area (Å²) in [7, 11) is 1.46. The number of benzene rings is 1. The quantitative estimate of drug-likeness (QED) is 0.517. The molecule has 0 atom stereocenters. The Bertz CT molecular complexity index is 441. The molecule has 0 bridgehead atoms. The lowest BCUT2D eigenvalue weighted by Gasteiger charge is -2.31. The van der Waals surface area contributed by atoms with Crippen LogP contribution in [0, 0.1) is 5.92 Å². The van der Waals surface area contributed by atoms with Gasteiger partial charge in [0.25, 0.3) is 0 Å². The van der Waals surface area contributed by atoms with Crippen LogP contribution < -0.4 is 0 Å². The largest absolute Gasteiger partial charge is 0.469 e. The molecule has 0 aromatic heterocycles. The summed E-state index contributed by atoms with van der Waals surface area (Å²) in [6.45, 7) is 4.81. The second-order valence-electron chi connectivity index (χ2n) is 6.29. The lowest BCUT2D eigenvalue weighted by Crippen LogP contribution is -2.36. The van der Waals surface area contributed by atoms with E-state index in [-0.39, 0.29) is 5.97 Å². The number of piperidine rings is 1. The van der Waals surface area contributed by atoms with Gasteiger partial charge in [-0.05, 0) is 50.3 Å². The highest BCUT2D eigenvalue weighted by atomic mass is 16.5. The number of methoxy groups -OCH3 is 1. The van der Waals surface area contributed by atoms with Crippen molar-refractivity contribution >= 4 is 5.97 Å². The summed E-state index contributed by atoms with van der Waals surface area (Å²) >= 11 is 0. The van der Waals surface area contributed by atoms with Gasteiger partial charge in [-0.3, -0.25) is 4.79 Å². The Balaban J connectivity index is 1.50. The van der Waals surface area contributed by atoms with Gasteiger partial charge in [0.2, 0.25) is 0 Å². The molecule has 0 N–H and O–H groups in total. The van der Waals surface area contributed by atoms with Crippen molar-refractivity contribution in [1.82, 2.24) is 4.90 Å². The fraction of sp³-hybridized carbons (Fsp3) is 0.632. The smallest absolute Gasteiger partial charge is 0.305 e. The molecule has 0 radical (unpaired) electrons. The van der Waals surface area contributed by atoms with Gasteiger partial charge in [-0.15, -0.1) is 0 Å². The van der Waals surface area contributed by atoms with E-state index in [2.05, 4.69) is 21.8 Å². The summed E-state index contributed by atoms with van der Waals surface area (Å²) in [5.41, 5.74) is 1.23. The number of hydrogen-bond donors (Lipinski definition) is 0. The summed E-state index contributed by atoms with van der Waals surface area (Å²) in [4.78, 5) is 13.6. The maximum absolute atomic E-state index is 11.1. The normalized spacial score (nSPS) is 16.4. The Morgan fingerprint density at radius 1 is 1.22 bits per heavy atom. The van der Waals surface area contributed by atoms with Gasteiger partial charge in [-0.1, -0.05) is 30.3 Å². The number of carbonyl (C=O) groups is 1. The second kappa shape index (κ2) is 10.4. The van der Waals surface area contributed by atoms with E-state index in [1.165, 1.54) is 25.5 Å². The molecule has 1 aromatic rings. The molecule has 1 aliphatic heterocycles. The predicted molar refractivity (Wildman–Crippen MR) is 91.1 cm³/mol. The van der Waals surface area contributed by atoms with Crippen LogP contribution in [0.5, 0.6) is 0 Å². The Hall–Kier alpha value is -1.39. The number of ether oxygens (including phenoxy) is 2.